The zero-order valence-corrected chi connectivity index (χ0v) is 19.3. The van der Waals surface area contributed by atoms with Crippen LogP contribution in [0.4, 0.5) is 17.6 Å². The average molecular weight is 482 g/mol. The first-order valence-electron chi connectivity index (χ1n) is 10.6. The lowest BCUT2D eigenvalue weighted by Gasteiger charge is -2.44. The lowest BCUT2D eigenvalue weighted by atomic mass is 9.91. The minimum Gasteiger partial charge on any atom is -0.460 e. The number of aryl methyl sites for hydroxylation is 1. The smallest absolute Gasteiger partial charge is 0.416 e. The van der Waals surface area contributed by atoms with Crippen LogP contribution in [0.1, 0.15) is 44.7 Å². The molecule has 0 spiro atoms. The zero-order chi connectivity index (χ0) is 25.3. The molecule has 34 heavy (non-hydrogen) atoms. The van der Waals surface area contributed by atoms with Gasteiger partial charge in [0.15, 0.2) is 5.82 Å². The van der Waals surface area contributed by atoms with Crippen molar-refractivity contribution in [3.8, 4) is 11.4 Å². The standard InChI is InChI=1S/C23H26F4N4O3/c1-15-9-16(11-17(10-15)23(25,26)27)20-28-14-31(29-20)8-6-18(32)30-12-22(24,13-30)7-5-19(33)34-21(2,3)4/h6,8-11,14H,5,7,12-13H2,1-4H3/b8-6-. The van der Waals surface area contributed by atoms with Crippen molar-refractivity contribution in [1.82, 2.24) is 19.7 Å². The Bertz CT molecular complexity index is 1100. The number of ether oxygens (including phenoxy) is 1. The number of halogens is 4. The van der Waals surface area contributed by atoms with Crippen LogP contribution in [0.15, 0.2) is 30.6 Å². The van der Waals surface area contributed by atoms with Crippen molar-refractivity contribution < 1.29 is 31.9 Å². The van der Waals surface area contributed by atoms with E-state index in [1.807, 2.05) is 0 Å². The molecule has 0 bridgehead atoms. The molecule has 11 heteroatoms. The van der Waals surface area contributed by atoms with Crippen molar-refractivity contribution in [2.45, 2.75) is 58.0 Å². The van der Waals surface area contributed by atoms with Gasteiger partial charge in [-0.2, -0.15) is 13.2 Å². The lowest BCUT2D eigenvalue weighted by molar-refractivity contribution is -0.157. The minimum atomic E-state index is -4.49. The highest BCUT2D eigenvalue weighted by molar-refractivity contribution is 5.91. The Morgan fingerprint density at radius 1 is 1.18 bits per heavy atom. The van der Waals surface area contributed by atoms with Gasteiger partial charge in [0.05, 0.1) is 18.7 Å². The summed E-state index contributed by atoms with van der Waals surface area (Å²) in [6.07, 6.45) is -0.904. The number of carbonyl (C=O) groups excluding carboxylic acids is 2. The van der Waals surface area contributed by atoms with Crippen molar-refractivity contribution in [1.29, 1.82) is 0 Å². The molecule has 1 amide bonds. The van der Waals surface area contributed by atoms with E-state index < -0.39 is 34.9 Å². The van der Waals surface area contributed by atoms with E-state index in [0.29, 0.717) is 5.56 Å². The van der Waals surface area contributed by atoms with Gasteiger partial charge in [0.25, 0.3) is 0 Å². The van der Waals surface area contributed by atoms with E-state index in [1.54, 1.807) is 27.7 Å². The van der Waals surface area contributed by atoms with Gasteiger partial charge < -0.3 is 9.64 Å². The van der Waals surface area contributed by atoms with Crippen LogP contribution in [-0.4, -0.2) is 55.9 Å². The molecular formula is C23H26F4N4O3. The first-order valence-corrected chi connectivity index (χ1v) is 10.6. The number of benzene rings is 1. The highest BCUT2D eigenvalue weighted by Crippen LogP contribution is 2.33. The van der Waals surface area contributed by atoms with Crippen LogP contribution in [0.3, 0.4) is 0 Å². The summed E-state index contributed by atoms with van der Waals surface area (Å²) in [4.78, 5) is 29.3. The van der Waals surface area contributed by atoms with Crippen molar-refractivity contribution in [2.75, 3.05) is 13.1 Å². The Balaban J connectivity index is 1.55. The molecular weight excluding hydrogens is 456 g/mol. The third-order valence-electron chi connectivity index (χ3n) is 5.00. The quantitative estimate of drug-likeness (QED) is 0.346. The molecule has 0 N–H and O–H groups in total. The molecule has 0 saturated carbocycles. The van der Waals surface area contributed by atoms with Gasteiger partial charge in [-0.3, -0.25) is 9.59 Å². The molecule has 7 nitrogen and oxygen atoms in total. The van der Waals surface area contributed by atoms with E-state index in [0.717, 1.165) is 12.1 Å². The zero-order valence-electron chi connectivity index (χ0n) is 19.3. The summed E-state index contributed by atoms with van der Waals surface area (Å²) in [5.74, 6) is -0.884. The van der Waals surface area contributed by atoms with Gasteiger partial charge in [0.1, 0.15) is 17.6 Å². The van der Waals surface area contributed by atoms with E-state index >= 15 is 0 Å². The number of nitrogens with zero attached hydrogens (tertiary/aromatic N) is 4. The van der Waals surface area contributed by atoms with Gasteiger partial charge in [-0.25, -0.2) is 14.1 Å². The molecule has 184 valence electrons. The van der Waals surface area contributed by atoms with Crippen LogP contribution in [0, 0.1) is 6.92 Å². The van der Waals surface area contributed by atoms with E-state index in [4.69, 9.17) is 4.74 Å². The number of rotatable bonds is 6. The first-order chi connectivity index (χ1) is 15.6. The third-order valence-corrected chi connectivity index (χ3v) is 5.00. The van der Waals surface area contributed by atoms with Gasteiger partial charge in [0.2, 0.25) is 5.91 Å². The van der Waals surface area contributed by atoms with Gasteiger partial charge in [-0.05, 0) is 57.9 Å². The molecule has 0 radical (unpaired) electrons. The first kappa shape index (κ1) is 25.4. The van der Waals surface area contributed by atoms with Crippen LogP contribution >= 0.6 is 0 Å². The molecule has 1 aliphatic heterocycles. The minimum absolute atomic E-state index is 0.0434. The summed E-state index contributed by atoms with van der Waals surface area (Å²) in [6, 6.07) is 3.52. The fraction of sp³-hybridized carbons (Fsp3) is 0.478. The molecule has 1 aromatic carbocycles. The Morgan fingerprint density at radius 3 is 2.47 bits per heavy atom. The number of aromatic nitrogens is 3. The topological polar surface area (TPSA) is 77.3 Å². The Kier molecular flexibility index (Phi) is 6.86. The SMILES string of the molecule is Cc1cc(-c2ncn(/C=C\C(=O)N3CC(F)(CCC(=O)OC(C)(C)C)C3)n2)cc(C(F)(F)F)c1. The molecule has 1 fully saturated rings. The Hall–Kier alpha value is -3.24. The summed E-state index contributed by atoms with van der Waals surface area (Å²) in [5, 5.41) is 4.08. The van der Waals surface area contributed by atoms with Crippen LogP contribution in [0.5, 0.6) is 0 Å². The summed E-state index contributed by atoms with van der Waals surface area (Å²) >= 11 is 0. The highest BCUT2D eigenvalue weighted by Gasteiger charge is 2.45. The van der Waals surface area contributed by atoms with E-state index in [9.17, 15) is 27.2 Å². The molecule has 3 rings (SSSR count). The summed E-state index contributed by atoms with van der Waals surface area (Å²) in [6.45, 7) is 6.43. The van der Waals surface area contributed by atoms with E-state index in [2.05, 4.69) is 10.1 Å². The maximum absolute atomic E-state index is 14.7. The number of esters is 1. The van der Waals surface area contributed by atoms with Crippen molar-refractivity contribution in [2.24, 2.45) is 0 Å². The largest absolute Gasteiger partial charge is 0.460 e. The predicted octanol–water partition coefficient (Wildman–Crippen LogP) is 4.42. The normalized spacial score (nSPS) is 15.9. The van der Waals surface area contributed by atoms with Crippen LogP contribution in [0.25, 0.3) is 17.6 Å². The molecule has 1 saturated heterocycles. The average Bonchev–Trinajstić information content (AvgIpc) is 3.15. The molecule has 2 aromatic rings. The van der Waals surface area contributed by atoms with Crippen LogP contribution in [-0.2, 0) is 20.5 Å². The van der Waals surface area contributed by atoms with E-state index in [-0.39, 0.29) is 37.3 Å². The maximum Gasteiger partial charge on any atom is 0.416 e. The van der Waals surface area contributed by atoms with E-state index in [1.165, 1.54) is 34.3 Å². The van der Waals surface area contributed by atoms with Gasteiger partial charge in [0, 0.05) is 24.3 Å². The van der Waals surface area contributed by atoms with Crippen molar-refractivity contribution >= 4 is 18.1 Å². The second kappa shape index (κ2) is 9.19. The summed E-state index contributed by atoms with van der Waals surface area (Å²) in [5.41, 5.74) is -2.49. The van der Waals surface area contributed by atoms with Gasteiger partial charge >= 0.3 is 12.1 Å². The molecule has 1 aromatic heterocycles. The second-order valence-corrected chi connectivity index (χ2v) is 9.38. The molecule has 0 atom stereocenters. The number of hydrogen-bond acceptors (Lipinski definition) is 5. The lowest BCUT2D eigenvalue weighted by Crippen LogP contribution is -2.60. The maximum atomic E-state index is 14.7. The molecule has 2 heterocycles. The number of amides is 1. The molecule has 0 aliphatic carbocycles. The van der Waals surface area contributed by atoms with Crippen molar-refractivity contribution in [3.63, 3.8) is 0 Å². The van der Waals surface area contributed by atoms with Crippen LogP contribution < -0.4 is 0 Å². The fourth-order valence-corrected chi connectivity index (χ4v) is 3.47. The Morgan fingerprint density at radius 2 is 1.85 bits per heavy atom. The number of carbonyl (C=O) groups is 2. The summed E-state index contributed by atoms with van der Waals surface area (Å²) in [7, 11) is 0. The number of likely N-dealkylation sites (tertiary alicyclic amines) is 1. The predicted molar refractivity (Wildman–Crippen MR) is 116 cm³/mol. The van der Waals surface area contributed by atoms with Gasteiger partial charge in [-0.1, -0.05) is 0 Å². The van der Waals surface area contributed by atoms with Gasteiger partial charge in [-0.15, -0.1) is 5.10 Å². The van der Waals surface area contributed by atoms with Crippen molar-refractivity contribution in [3.05, 3.63) is 41.7 Å². The number of hydrogen-bond donors (Lipinski definition) is 0. The fourth-order valence-electron chi connectivity index (χ4n) is 3.47. The molecule has 1 aliphatic rings. The second-order valence-electron chi connectivity index (χ2n) is 9.38. The third kappa shape index (κ3) is 6.64. The Labute approximate surface area is 194 Å². The number of alkyl halides is 4. The van der Waals surface area contributed by atoms with Crippen LogP contribution in [0.2, 0.25) is 0 Å². The monoisotopic (exact) mass is 482 g/mol. The molecule has 0 unspecified atom stereocenters. The highest BCUT2D eigenvalue weighted by atomic mass is 19.4. The summed E-state index contributed by atoms with van der Waals surface area (Å²) < 4.78 is 60.2.